The van der Waals surface area contributed by atoms with Crippen LogP contribution in [0.25, 0.3) is 6.08 Å². The van der Waals surface area contributed by atoms with Crippen LogP contribution in [0.3, 0.4) is 0 Å². The highest BCUT2D eigenvalue weighted by Gasteiger charge is 2.00. The molecule has 1 atom stereocenters. The molecule has 0 aliphatic carbocycles. The van der Waals surface area contributed by atoms with Gasteiger partial charge in [0.1, 0.15) is 6.07 Å². The predicted molar refractivity (Wildman–Crippen MR) is 57.1 cm³/mol. The number of allylic oxidation sites excluding steroid dienone is 1. The van der Waals surface area contributed by atoms with Gasteiger partial charge in [0.2, 0.25) is 5.76 Å². The average Bonchev–Trinajstić information content (AvgIpc) is 2.19. The number of nitrogens with zero attached hydrogens (tertiary/aromatic N) is 1. The van der Waals surface area contributed by atoms with E-state index >= 15 is 0 Å². The fraction of sp³-hybridized carbons (Fsp3) is 0.100. The van der Waals surface area contributed by atoms with Gasteiger partial charge in [-0.15, -0.1) is 0 Å². The standard InChI is InChI=1S/C10H10NO3P/c1-8-2-4-9(5-3-8)6-10(7-11)14-15(12)13/h2-6,15H,1H3,(H,12,13)/b10-6+. The molecular weight excluding hydrogens is 213 g/mol. The number of aryl methyl sites for hydroxylation is 1. The summed E-state index contributed by atoms with van der Waals surface area (Å²) in [5.74, 6) is -0.162. The quantitative estimate of drug-likeness (QED) is 0.484. The van der Waals surface area contributed by atoms with E-state index in [2.05, 4.69) is 4.52 Å². The minimum absolute atomic E-state index is 0.162. The lowest BCUT2D eigenvalue weighted by molar-refractivity contribution is 0.365. The van der Waals surface area contributed by atoms with E-state index in [9.17, 15) is 4.57 Å². The fourth-order valence-electron chi connectivity index (χ4n) is 0.993. The molecule has 0 fully saturated rings. The first kappa shape index (κ1) is 11.5. The van der Waals surface area contributed by atoms with E-state index in [1.165, 1.54) is 6.08 Å². The number of rotatable bonds is 3. The Morgan fingerprint density at radius 2 is 2.13 bits per heavy atom. The summed E-state index contributed by atoms with van der Waals surface area (Å²) in [5.41, 5.74) is 1.85. The Bertz CT molecular complexity index is 431. The van der Waals surface area contributed by atoms with Gasteiger partial charge in [-0.25, -0.2) is 4.57 Å². The first-order valence-electron chi connectivity index (χ1n) is 4.21. The zero-order valence-electron chi connectivity index (χ0n) is 8.10. The van der Waals surface area contributed by atoms with E-state index in [4.69, 9.17) is 10.2 Å². The lowest BCUT2D eigenvalue weighted by atomic mass is 10.1. The highest BCUT2D eigenvalue weighted by Crippen LogP contribution is 2.21. The summed E-state index contributed by atoms with van der Waals surface area (Å²) in [7, 11) is -3.11. The SMILES string of the molecule is Cc1ccc(/C=C(\C#N)O[PH](=O)O)cc1. The predicted octanol–water partition coefficient (Wildman–Crippen LogP) is 2.26. The lowest BCUT2D eigenvalue weighted by Gasteiger charge is -1.99. The molecule has 78 valence electrons. The summed E-state index contributed by atoms with van der Waals surface area (Å²) in [4.78, 5) is 8.51. The fourth-order valence-corrected chi connectivity index (χ4v) is 1.29. The summed E-state index contributed by atoms with van der Waals surface area (Å²) >= 11 is 0. The largest absolute Gasteiger partial charge is 0.415 e. The van der Waals surface area contributed by atoms with E-state index in [0.717, 1.165) is 11.1 Å². The molecule has 1 aromatic rings. The van der Waals surface area contributed by atoms with E-state index in [-0.39, 0.29) is 5.76 Å². The van der Waals surface area contributed by atoms with Crippen LogP contribution in [0.1, 0.15) is 11.1 Å². The molecule has 0 aromatic heterocycles. The zero-order chi connectivity index (χ0) is 11.3. The molecule has 0 amide bonds. The molecule has 0 radical (unpaired) electrons. The van der Waals surface area contributed by atoms with Crippen molar-refractivity contribution in [3.05, 3.63) is 41.2 Å². The number of benzene rings is 1. The van der Waals surface area contributed by atoms with Gasteiger partial charge in [-0.1, -0.05) is 29.8 Å². The molecule has 0 bridgehead atoms. The van der Waals surface area contributed by atoms with Gasteiger partial charge in [-0.05, 0) is 18.6 Å². The second kappa shape index (κ2) is 5.35. The Kier molecular flexibility index (Phi) is 4.11. The van der Waals surface area contributed by atoms with E-state index in [1.807, 2.05) is 19.1 Å². The van der Waals surface area contributed by atoms with Crippen molar-refractivity contribution in [3.8, 4) is 6.07 Å². The molecule has 1 unspecified atom stereocenters. The van der Waals surface area contributed by atoms with E-state index < -0.39 is 8.25 Å². The van der Waals surface area contributed by atoms with Gasteiger partial charge in [-0.2, -0.15) is 5.26 Å². The van der Waals surface area contributed by atoms with Crippen molar-refractivity contribution in [3.63, 3.8) is 0 Å². The molecule has 4 nitrogen and oxygen atoms in total. The maximum Gasteiger partial charge on any atom is 0.365 e. The molecule has 5 heteroatoms. The number of nitriles is 1. The Labute approximate surface area is 88.4 Å². The van der Waals surface area contributed by atoms with Crippen molar-refractivity contribution in [2.45, 2.75) is 6.92 Å². The Hall–Kier alpha value is -1.56. The molecule has 0 spiro atoms. The Morgan fingerprint density at radius 1 is 1.53 bits per heavy atom. The first-order chi connectivity index (χ1) is 7.11. The van der Waals surface area contributed by atoms with Crippen LogP contribution in [0, 0.1) is 18.3 Å². The van der Waals surface area contributed by atoms with Crippen LogP contribution in [0.5, 0.6) is 0 Å². The highest BCUT2D eigenvalue weighted by molar-refractivity contribution is 7.32. The minimum atomic E-state index is -3.11. The van der Waals surface area contributed by atoms with Crippen molar-refractivity contribution >= 4 is 14.3 Å². The van der Waals surface area contributed by atoms with Gasteiger partial charge in [0.25, 0.3) is 0 Å². The monoisotopic (exact) mass is 223 g/mol. The van der Waals surface area contributed by atoms with Crippen LogP contribution in [-0.4, -0.2) is 4.89 Å². The van der Waals surface area contributed by atoms with Crippen LogP contribution in [0.4, 0.5) is 0 Å². The van der Waals surface area contributed by atoms with Crippen molar-refractivity contribution in [1.82, 2.24) is 0 Å². The molecule has 15 heavy (non-hydrogen) atoms. The van der Waals surface area contributed by atoms with Crippen LogP contribution >= 0.6 is 8.25 Å². The van der Waals surface area contributed by atoms with Crippen LogP contribution in [0.2, 0.25) is 0 Å². The first-order valence-corrected chi connectivity index (χ1v) is 5.47. The van der Waals surface area contributed by atoms with E-state index in [0.29, 0.717) is 0 Å². The third kappa shape index (κ3) is 3.99. The second-order valence-corrected chi connectivity index (χ2v) is 3.63. The lowest BCUT2D eigenvalue weighted by Crippen LogP contribution is -1.81. The Balaban J connectivity index is 2.89. The second-order valence-electron chi connectivity index (χ2n) is 2.90. The van der Waals surface area contributed by atoms with Crippen molar-refractivity contribution < 1.29 is 14.0 Å². The molecule has 1 rings (SSSR count). The van der Waals surface area contributed by atoms with E-state index in [1.54, 1.807) is 18.2 Å². The smallest absolute Gasteiger partial charge is 0.365 e. The number of hydrogen-bond donors (Lipinski definition) is 1. The third-order valence-electron chi connectivity index (χ3n) is 1.68. The molecular formula is C10H10NO3P. The average molecular weight is 223 g/mol. The molecule has 0 heterocycles. The summed E-state index contributed by atoms with van der Waals surface area (Å²) in [6.07, 6.45) is 1.41. The molecule has 1 N–H and O–H groups in total. The Morgan fingerprint density at radius 3 is 2.60 bits per heavy atom. The third-order valence-corrected chi connectivity index (χ3v) is 2.08. The number of hydrogen-bond acceptors (Lipinski definition) is 3. The molecule has 0 saturated heterocycles. The van der Waals surface area contributed by atoms with Crippen LogP contribution < -0.4 is 0 Å². The van der Waals surface area contributed by atoms with Gasteiger partial charge in [0.15, 0.2) is 0 Å². The van der Waals surface area contributed by atoms with Crippen LogP contribution in [0.15, 0.2) is 30.0 Å². The zero-order valence-corrected chi connectivity index (χ0v) is 9.10. The summed E-state index contributed by atoms with van der Waals surface area (Å²) in [6, 6.07) is 9.05. The minimum Gasteiger partial charge on any atom is -0.415 e. The maximum absolute atomic E-state index is 10.4. The highest BCUT2D eigenvalue weighted by atomic mass is 31.1. The maximum atomic E-state index is 10.4. The van der Waals surface area contributed by atoms with Crippen molar-refractivity contribution in [1.29, 1.82) is 5.26 Å². The molecule has 0 aliphatic rings. The summed E-state index contributed by atoms with van der Waals surface area (Å²) in [6.45, 7) is 1.95. The van der Waals surface area contributed by atoms with Gasteiger partial charge < -0.3 is 9.42 Å². The summed E-state index contributed by atoms with van der Waals surface area (Å²) < 4.78 is 14.8. The normalized spacial score (nSPS) is 13.0. The van der Waals surface area contributed by atoms with Crippen molar-refractivity contribution in [2.24, 2.45) is 0 Å². The molecule has 1 aromatic carbocycles. The molecule has 0 saturated carbocycles. The van der Waals surface area contributed by atoms with Crippen molar-refractivity contribution in [2.75, 3.05) is 0 Å². The van der Waals surface area contributed by atoms with Gasteiger partial charge in [0.05, 0.1) is 0 Å². The van der Waals surface area contributed by atoms with Gasteiger partial charge >= 0.3 is 8.25 Å². The summed E-state index contributed by atoms with van der Waals surface area (Å²) in [5, 5.41) is 8.61. The van der Waals surface area contributed by atoms with Crippen LogP contribution in [-0.2, 0) is 9.09 Å². The van der Waals surface area contributed by atoms with Gasteiger partial charge in [0, 0.05) is 0 Å². The molecule has 0 aliphatic heterocycles. The van der Waals surface area contributed by atoms with Gasteiger partial charge in [-0.3, -0.25) is 0 Å². The topological polar surface area (TPSA) is 70.3 Å².